The molecule has 0 saturated heterocycles. The van der Waals surface area contributed by atoms with E-state index in [-0.39, 0.29) is 23.5 Å². The van der Waals surface area contributed by atoms with E-state index >= 15 is 0 Å². The van der Waals surface area contributed by atoms with Crippen molar-refractivity contribution >= 4 is 23.7 Å². The number of hydrogen-bond acceptors (Lipinski definition) is 9. The third-order valence-electron chi connectivity index (χ3n) is 5.52. The summed E-state index contributed by atoms with van der Waals surface area (Å²) in [4.78, 5) is 24.8. The molecule has 0 fully saturated rings. The van der Waals surface area contributed by atoms with Crippen molar-refractivity contribution in [3.05, 3.63) is 94.2 Å². The summed E-state index contributed by atoms with van der Waals surface area (Å²) in [7, 11) is 2.82. The third kappa shape index (κ3) is 6.74. The number of hydrogen-bond donors (Lipinski definition) is 1. The van der Waals surface area contributed by atoms with Crippen LogP contribution in [0.3, 0.4) is 0 Å². The number of esters is 2. The van der Waals surface area contributed by atoms with E-state index in [9.17, 15) is 14.9 Å². The fraction of sp³-hybridized carbons (Fsp3) is 0.250. The highest BCUT2D eigenvalue weighted by Crippen LogP contribution is 2.43. The van der Waals surface area contributed by atoms with Crippen LogP contribution in [0.15, 0.2) is 83.1 Å². The summed E-state index contributed by atoms with van der Waals surface area (Å²) in [5, 5.41) is 13.7. The molecule has 9 heteroatoms. The number of thioether (sulfide) groups is 1. The Balaban J connectivity index is 2.02. The Morgan fingerprint density at radius 1 is 1.16 bits per heavy atom. The van der Waals surface area contributed by atoms with E-state index in [1.807, 2.05) is 30.3 Å². The average Bonchev–Trinajstić information content (AvgIpc) is 2.93. The molecule has 0 radical (unpaired) electrons. The molecular formula is C28H28N2O6S. The number of nitrogens with zero attached hydrogens (tertiary/aromatic N) is 1. The molecule has 0 bridgehead atoms. The second kappa shape index (κ2) is 13.2. The molecule has 0 aromatic heterocycles. The summed E-state index contributed by atoms with van der Waals surface area (Å²) < 4.78 is 21.6. The minimum atomic E-state index is -0.763. The van der Waals surface area contributed by atoms with Crippen molar-refractivity contribution in [3.8, 4) is 17.6 Å². The van der Waals surface area contributed by atoms with Gasteiger partial charge >= 0.3 is 11.9 Å². The largest absolute Gasteiger partial charge is 0.493 e. The third-order valence-corrected chi connectivity index (χ3v) is 6.51. The lowest BCUT2D eigenvalue weighted by Crippen LogP contribution is -2.29. The number of ether oxygens (including phenoxy) is 4. The molecule has 0 saturated carbocycles. The summed E-state index contributed by atoms with van der Waals surface area (Å²) in [5.41, 5.74) is 2.68. The van der Waals surface area contributed by atoms with Gasteiger partial charge in [-0.05, 0) is 30.2 Å². The average molecular weight is 521 g/mol. The van der Waals surface area contributed by atoms with Gasteiger partial charge in [0.15, 0.2) is 11.5 Å². The highest BCUT2D eigenvalue weighted by atomic mass is 32.2. The number of rotatable bonds is 11. The number of nitrogens with one attached hydrogen (secondary N) is 1. The topological polar surface area (TPSA) is 107 Å². The van der Waals surface area contributed by atoms with Gasteiger partial charge in [-0.3, -0.25) is 4.79 Å². The van der Waals surface area contributed by atoms with Gasteiger partial charge in [-0.1, -0.05) is 60.8 Å². The zero-order chi connectivity index (χ0) is 26.8. The highest BCUT2D eigenvalue weighted by Gasteiger charge is 2.36. The Morgan fingerprint density at radius 2 is 1.92 bits per heavy atom. The van der Waals surface area contributed by atoms with Gasteiger partial charge in [0.1, 0.15) is 13.2 Å². The van der Waals surface area contributed by atoms with Gasteiger partial charge in [0.05, 0.1) is 48.1 Å². The molecule has 0 spiro atoms. The lowest BCUT2D eigenvalue weighted by molar-refractivity contribution is -0.138. The quantitative estimate of drug-likeness (QED) is 0.336. The van der Waals surface area contributed by atoms with Crippen molar-refractivity contribution in [2.75, 3.05) is 26.6 Å². The van der Waals surface area contributed by atoms with Crippen molar-refractivity contribution in [3.63, 3.8) is 0 Å². The maximum absolute atomic E-state index is 13.1. The number of carbonyl (C=O) groups excluding carboxylic acids is 2. The fourth-order valence-corrected chi connectivity index (χ4v) is 4.68. The normalized spacial score (nSPS) is 14.8. The maximum atomic E-state index is 13.1. The van der Waals surface area contributed by atoms with Crippen LogP contribution in [0.25, 0.3) is 0 Å². The molecule has 2 aromatic carbocycles. The molecular weight excluding hydrogens is 492 g/mol. The van der Waals surface area contributed by atoms with Crippen molar-refractivity contribution in [1.82, 2.24) is 5.32 Å². The molecule has 1 atom stereocenters. The first-order chi connectivity index (χ1) is 17.9. The summed E-state index contributed by atoms with van der Waals surface area (Å²) in [6.07, 6.45) is 1.47. The molecule has 1 aliphatic rings. The number of allylic oxidation sites excluding steroid dienone is 2. The Hall–Kier alpha value is -4.16. The molecule has 37 heavy (non-hydrogen) atoms. The molecule has 0 amide bonds. The minimum absolute atomic E-state index is 0.00412. The van der Waals surface area contributed by atoms with E-state index < -0.39 is 17.9 Å². The van der Waals surface area contributed by atoms with Crippen molar-refractivity contribution in [2.45, 2.75) is 19.4 Å². The van der Waals surface area contributed by atoms with Gasteiger partial charge in [-0.25, -0.2) is 4.79 Å². The summed E-state index contributed by atoms with van der Waals surface area (Å²) in [6, 6.07) is 17.2. The van der Waals surface area contributed by atoms with Crippen molar-refractivity contribution < 1.29 is 28.5 Å². The molecule has 0 aliphatic carbocycles. The highest BCUT2D eigenvalue weighted by molar-refractivity contribution is 8.03. The second-order valence-electron chi connectivity index (χ2n) is 7.89. The van der Waals surface area contributed by atoms with Crippen LogP contribution in [0.2, 0.25) is 0 Å². The molecule has 1 aliphatic heterocycles. The predicted molar refractivity (Wildman–Crippen MR) is 141 cm³/mol. The van der Waals surface area contributed by atoms with E-state index in [4.69, 9.17) is 18.9 Å². The molecule has 1 unspecified atom stereocenters. The summed E-state index contributed by atoms with van der Waals surface area (Å²) in [6.45, 7) is 5.68. The van der Waals surface area contributed by atoms with E-state index in [2.05, 4.69) is 18.0 Å². The number of nitriles is 1. The minimum Gasteiger partial charge on any atom is -0.493 e. The van der Waals surface area contributed by atoms with Crippen molar-refractivity contribution in [1.29, 1.82) is 5.26 Å². The van der Waals surface area contributed by atoms with Gasteiger partial charge in [0.25, 0.3) is 0 Å². The van der Waals surface area contributed by atoms with Crippen LogP contribution >= 0.6 is 11.8 Å². The van der Waals surface area contributed by atoms with Crippen molar-refractivity contribution in [2.24, 2.45) is 0 Å². The van der Waals surface area contributed by atoms with Crippen LogP contribution in [-0.2, 0) is 25.7 Å². The molecule has 8 nitrogen and oxygen atoms in total. The van der Waals surface area contributed by atoms with Gasteiger partial charge in [0.2, 0.25) is 0 Å². The molecule has 192 valence electrons. The van der Waals surface area contributed by atoms with E-state index in [0.717, 1.165) is 17.3 Å². The van der Waals surface area contributed by atoms with Crippen LogP contribution in [0.1, 0.15) is 24.0 Å². The van der Waals surface area contributed by atoms with Crippen LogP contribution in [0, 0.1) is 11.3 Å². The van der Waals surface area contributed by atoms with Crippen LogP contribution in [0.5, 0.6) is 11.5 Å². The Morgan fingerprint density at radius 3 is 2.57 bits per heavy atom. The first-order valence-electron chi connectivity index (χ1n) is 11.4. The van der Waals surface area contributed by atoms with Crippen LogP contribution in [0.4, 0.5) is 0 Å². The number of dihydropyridines is 1. The van der Waals surface area contributed by atoms with Gasteiger partial charge < -0.3 is 24.3 Å². The molecule has 1 N–H and O–H groups in total. The van der Waals surface area contributed by atoms with Gasteiger partial charge in [-0.2, -0.15) is 5.26 Å². The van der Waals surface area contributed by atoms with Gasteiger partial charge in [0, 0.05) is 5.70 Å². The molecule has 2 aromatic rings. The number of benzene rings is 2. The standard InChI is InChI=1S/C28H28N2O6S/c1-5-13-35-28(32)25-18(2)30-27(37-17-24(31)34-4)21(15-29)26(25)20-11-12-22(23(14-20)33-3)36-16-19-9-7-6-8-10-19/h5-12,14,26,30H,1,13,16-17H2,2-4H3. The zero-order valence-electron chi connectivity index (χ0n) is 20.9. The molecule has 1 heterocycles. The maximum Gasteiger partial charge on any atom is 0.337 e. The SMILES string of the molecule is C=CCOC(=O)C1=C(C)NC(SCC(=O)OC)=C(C#N)C1c1ccc(OCc2ccccc2)c(OC)c1. The fourth-order valence-electron chi connectivity index (χ4n) is 3.75. The smallest absolute Gasteiger partial charge is 0.337 e. The number of methoxy groups -OCH3 is 2. The van der Waals surface area contributed by atoms with Gasteiger partial charge in [-0.15, -0.1) is 0 Å². The monoisotopic (exact) mass is 520 g/mol. The molecule has 3 rings (SSSR count). The van der Waals surface area contributed by atoms with E-state index in [0.29, 0.717) is 34.4 Å². The lowest BCUT2D eigenvalue weighted by Gasteiger charge is -2.29. The van der Waals surface area contributed by atoms with E-state index in [1.54, 1.807) is 25.1 Å². The number of carbonyl (C=O) groups is 2. The van der Waals surface area contributed by atoms with Crippen LogP contribution < -0.4 is 14.8 Å². The lowest BCUT2D eigenvalue weighted by atomic mass is 9.82. The Bertz CT molecular complexity index is 1260. The first-order valence-corrected chi connectivity index (χ1v) is 12.4. The van der Waals surface area contributed by atoms with E-state index in [1.165, 1.54) is 20.3 Å². The summed E-state index contributed by atoms with van der Waals surface area (Å²) >= 11 is 1.13. The predicted octanol–water partition coefficient (Wildman–Crippen LogP) is 4.61. The Labute approximate surface area is 220 Å². The zero-order valence-corrected chi connectivity index (χ0v) is 21.7. The summed E-state index contributed by atoms with van der Waals surface area (Å²) in [5.74, 6) is -0.820. The first kappa shape index (κ1) is 27.4. The second-order valence-corrected chi connectivity index (χ2v) is 8.87. The van der Waals surface area contributed by atoms with Crippen LogP contribution in [-0.4, -0.2) is 38.5 Å². The Kier molecular flexibility index (Phi) is 9.81.